The van der Waals surface area contributed by atoms with Crippen LogP contribution in [0, 0.1) is 0 Å². The molecule has 1 aliphatic rings. The van der Waals surface area contributed by atoms with E-state index in [1.54, 1.807) is 6.20 Å². The molecule has 94 valence electrons. The molecule has 2 rings (SSSR count). The summed E-state index contributed by atoms with van der Waals surface area (Å²) in [5.74, 6) is 1.44. The van der Waals surface area contributed by atoms with Gasteiger partial charge in [0, 0.05) is 12.6 Å². The summed E-state index contributed by atoms with van der Waals surface area (Å²) in [6.07, 6.45) is 10.0. The molecule has 0 spiro atoms. The third kappa shape index (κ3) is 3.09. The lowest BCUT2D eigenvalue weighted by molar-refractivity contribution is 0.551. The molecule has 1 unspecified atom stereocenters. The van der Waals surface area contributed by atoms with Crippen molar-refractivity contribution in [1.82, 2.24) is 9.97 Å². The monoisotopic (exact) mass is 253 g/mol. The molecule has 3 nitrogen and oxygen atoms in total. The minimum Gasteiger partial charge on any atom is -0.352 e. The number of rotatable bonds is 3. The number of alkyl halides is 1. The Morgan fingerprint density at radius 3 is 2.82 bits per heavy atom. The Balaban J connectivity index is 2.16. The summed E-state index contributed by atoms with van der Waals surface area (Å²) in [5, 5.41) is 0. The van der Waals surface area contributed by atoms with Crippen LogP contribution in [0.1, 0.15) is 44.7 Å². The average molecular weight is 254 g/mol. The molecule has 1 aromatic heterocycles. The number of halogens is 1. The Kier molecular flexibility index (Phi) is 4.60. The second-order valence-electron chi connectivity index (χ2n) is 4.60. The Labute approximate surface area is 108 Å². The third-order valence-corrected chi connectivity index (χ3v) is 3.75. The SMILES string of the molecule is CCC1CCCCCN1c1cnc(CCl)cn1. The number of aromatic nitrogens is 2. The molecule has 2 heterocycles. The molecule has 1 atom stereocenters. The highest BCUT2D eigenvalue weighted by molar-refractivity contribution is 6.16. The maximum absolute atomic E-state index is 5.73. The highest BCUT2D eigenvalue weighted by Gasteiger charge is 2.20. The van der Waals surface area contributed by atoms with Gasteiger partial charge in [-0.1, -0.05) is 19.8 Å². The summed E-state index contributed by atoms with van der Waals surface area (Å²) in [5.41, 5.74) is 0.846. The topological polar surface area (TPSA) is 29.0 Å². The zero-order chi connectivity index (χ0) is 12.1. The van der Waals surface area contributed by atoms with Gasteiger partial charge in [0.05, 0.1) is 24.0 Å². The number of nitrogens with zero attached hydrogens (tertiary/aromatic N) is 3. The van der Waals surface area contributed by atoms with E-state index in [0.717, 1.165) is 18.1 Å². The van der Waals surface area contributed by atoms with Crippen LogP contribution in [0.3, 0.4) is 0 Å². The van der Waals surface area contributed by atoms with Crippen LogP contribution in [0.4, 0.5) is 5.82 Å². The lowest BCUT2D eigenvalue weighted by Gasteiger charge is -2.30. The van der Waals surface area contributed by atoms with Crippen molar-refractivity contribution < 1.29 is 0 Å². The van der Waals surface area contributed by atoms with Crippen molar-refractivity contribution >= 4 is 17.4 Å². The van der Waals surface area contributed by atoms with Gasteiger partial charge in [-0.2, -0.15) is 0 Å². The van der Waals surface area contributed by atoms with Crippen molar-refractivity contribution in [1.29, 1.82) is 0 Å². The molecule has 0 bridgehead atoms. The fraction of sp³-hybridized carbons (Fsp3) is 0.692. The van der Waals surface area contributed by atoms with E-state index >= 15 is 0 Å². The molecule has 0 aromatic carbocycles. The summed E-state index contributed by atoms with van der Waals surface area (Å²) in [6.45, 7) is 3.36. The van der Waals surface area contributed by atoms with Crippen LogP contribution in [-0.4, -0.2) is 22.6 Å². The van der Waals surface area contributed by atoms with E-state index in [9.17, 15) is 0 Å². The first kappa shape index (κ1) is 12.6. The summed E-state index contributed by atoms with van der Waals surface area (Å²) in [7, 11) is 0. The van der Waals surface area contributed by atoms with E-state index in [1.165, 1.54) is 32.1 Å². The predicted molar refractivity (Wildman–Crippen MR) is 71.5 cm³/mol. The summed E-state index contributed by atoms with van der Waals surface area (Å²) >= 11 is 5.73. The van der Waals surface area contributed by atoms with E-state index in [4.69, 9.17) is 11.6 Å². The van der Waals surface area contributed by atoms with Crippen molar-refractivity contribution in [3.63, 3.8) is 0 Å². The minimum absolute atomic E-state index is 0.435. The zero-order valence-electron chi connectivity index (χ0n) is 10.4. The van der Waals surface area contributed by atoms with E-state index < -0.39 is 0 Å². The number of hydrogen-bond donors (Lipinski definition) is 0. The summed E-state index contributed by atoms with van der Waals surface area (Å²) in [6, 6.07) is 0.619. The first-order valence-electron chi connectivity index (χ1n) is 6.48. The van der Waals surface area contributed by atoms with Gasteiger partial charge in [-0.15, -0.1) is 11.6 Å². The van der Waals surface area contributed by atoms with Gasteiger partial charge in [0.15, 0.2) is 0 Å². The largest absolute Gasteiger partial charge is 0.352 e. The van der Waals surface area contributed by atoms with Gasteiger partial charge < -0.3 is 4.90 Å². The van der Waals surface area contributed by atoms with Crippen LogP contribution in [0.2, 0.25) is 0 Å². The van der Waals surface area contributed by atoms with Crippen molar-refractivity contribution in [2.45, 2.75) is 50.9 Å². The van der Waals surface area contributed by atoms with Gasteiger partial charge >= 0.3 is 0 Å². The minimum atomic E-state index is 0.435. The quantitative estimate of drug-likeness (QED) is 0.774. The molecule has 0 aliphatic carbocycles. The molecule has 4 heteroatoms. The lowest BCUT2D eigenvalue weighted by Crippen LogP contribution is -2.35. The first-order valence-corrected chi connectivity index (χ1v) is 7.02. The van der Waals surface area contributed by atoms with Crippen LogP contribution in [0.5, 0.6) is 0 Å². The lowest BCUT2D eigenvalue weighted by atomic mass is 10.1. The van der Waals surface area contributed by atoms with Crippen LogP contribution >= 0.6 is 11.6 Å². The van der Waals surface area contributed by atoms with Crippen LogP contribution in [0.25, 0.3) is 0 Å². The predicted octanol–water partition coefficient (Wildman–Crippen LogP) is 3.37. The van der Waals surface area contributed by atoms with Gasteiger partial charge in [0.1, 0.15) is 5.82 Å². The van der Waals surface area contributed by atoms with Gasteiger partial charge in [-0.05, 0) is 19.3 Å². The molecule has 1 fully saturated rings. The van der Waals surface area contributed by atoms with Crippen LogP contribution in [0.15, 0.2) is 12.4 Å². The molecule has 17 heavy (non-hydrogen) atoms. The fourth-order valence-corrected chi connectivity index (χ4v) is 2.61. The molecule has 0 N–H and O–H groups in total. The number of hydrogen-bond acceptors (Lipinski definition) is 3. The smallest absolute Gasteiger partial charge is 0.147 e. The fourth-order valence-electron chi connectivity index (χ4n) is 2.47. The molecule has 0 radical (unpaired) electrons. The molecule has 1 aromatic rings. The molecule has 1 saturated heterocycles. The van der Waals surface area contributed by atoms with E-state index in [1.807, 2.05) is 6.20 Å². The maximum Gasteiger partial charge on any atom is 0.147 e. The van der Waals surface area contributed by atoms with E-state index in [2.05, 4.69) is 21.8 Å². The van der Waals surface area contributed by atoms with Gasteiger partial charge in [0.2, 0.25) is 0 Å². The Hall–Kier alpha value is -0.830. The summed E-state index contributed by atoms with van der Waals surface area (Å²) in [4.78, 5) is 11.2. The molecule has 0 amide bonds. The highest BCUT2D eigenvalue weighted by Crippen LogP contribution is 2.23. The Morgan fingerprint density at radius 1 is 1.29 bits per heavy atom. The van der Waals surface area contributed by atoms with Crippen molar-refractivity contribution in [3.8, 4) is 0 Å². The third-order valence-electron chi connectivity index (χ3n) is 3.47. The van der Waals surface area contributed by atoms with Crippen molar-refractivity contribution in [3.05, 3.63) is 18.1 Å². The van der Waals surface area contributed by atoms with Gasteiger partial charge in [-0.3, -0.25) is 4.98 Å². The van der Waals surface area contributed by atoms with Crippen molar-refractivity contribution in [2.75, 3.05) is 11.4 Å². The average Bonchev–Trinajstić information content (AvgIpc) is 2.64. The number of anilines is 1. The highest BCUT2D eigenvalue weighted by atomic mass is 35.5. The molecular formula is C13H20ClN3. The first-order chi connectivity index (χ1) is 8.35. The Morgan fingerprint density at radius 2 is 2.18 bits per heavy atom. The molecular weight excluding hydrogens is 234 g/mol. The second-order valence-corrected chi connectivity index (χ2v) is 4.87. The normalized spacial score (nSPS) is 21.3. The van der Waals surface area contributed by atoms with E-state index in [-0.39, 0.29) is 0 Å². The van der Waals surface area contributed by atoms with Crippen LogP contribution < -0.4 is 4.90 Å². The van der Waals surface area contributed by atoms with E-state index in [0.29, 0.717) is 11.9 Å². The Bertz CT molecular complexity index is 339. The maximum atomic E-state index is 5.73. The van der Waals surface area contributed by atoms with Gasteiger partial charge in [-0.25, -0.2) is 4.98 Å². The standard InChI is InChI=1S/C13H20ClN3/c1-2-12-6-4-3-5-7-17(12)13-10-15-11(8-14)9-16-13/h9-10,12H,2-8H2,1H3. The van der Waals surface area contributed by atoms with Crippen molar-refractivity contribution in [2.24, 2.45) is 0 Å². The second kappa shape index (κ2) is 6.20. The molecule has 1 aliphatic heterocycles. The van der Waals surface area contributed by atoms with Gasteiger partial charge in [0.25, 0.3) is 0 Å². The zero-order valence-corrected chi connectivity index (χ0v) is 11.2. The summed E-state index contributed by atoms with van der Waals surface area (Å²) < 4.78 is 0. The molecule has 0 saturated carbocycles. The van der Waals surface area contributed by atoms with Crippen LogP contribution in [-0.2, 0) is 5.88 Å².